The van der Waals surface area contributed by atoms with Gasteiger partial charge in [-0.1, -0.05) is 25.3 Å². The van der Waals surface area contributed by atoms with Gasteiger partial charge in [0.1, 0.15) is 5.69 Å². The van der Waals surface area contributed by atoms with E-state index in [0.29, 0.717) is 0 Å². The van der Waals surface area contributed by atoms with Crippen molar-refractivity contribution in [1.29, 1.82) is 0 Å². The number of aliphatic hydroxyl groups excluding tert-OH is 1. The first kappa shape index (κ1) is 13.9. The Labute approximate surface area is 112 Å². The number of halogens is 1. The molecule has 2 rings (SSSR count). The molecule has 1 amide bonds. The SMILES string of the molecule is O=C(NC1CCCCCC1CO)c1cccc(F)n1. The van der Waals surface area contributed by atoms with Gasteiger partial charge in [0.15, 0.2) is 0 Å². The predicted molar refractivity (Wildman–Crippen MR) is 69.1 cm³/mol. The second-order valence-electron chi connectivity index (χ2n) is 5.01. The molecule has 1 saturated carbocycles. The van der Waals surface area contributed by atoms with E-state index < -0.39 is 5.95 Å². The molecular formula is C14H19FN2O2. The number of carbonyl (C=O) groups excluding carboxylic acids is 1. The first-order valence-corrected chi connectivity index (χ1v) is 6.75. The number of rotatable bonds is 3. The molecule has 0 aliphatic heterocycles. The third-order valence-electron chi connectivity index (χ3n) is 3.66. The van der Waals surface area contributed by atoms with Crippen molar-refractivity contribution in [2.45, 2.75) is 38.1 Å². The average molecular weight is 266 g/mol. The summed E-state index contributed by atoms with van der Waals surface area (Å²) in [6, 6.07) is 4.11. The molecule has 0 spiro atoms. The van der Waals surface area contributed by atoms with Crippen LogP contribution in [0.15, 0.2) is 18.2 Å². The fourth-order valence-electron chi connectivity index (χ4n) is 2.57. The molecule has 1 aliphatic carbocycles. The number of hydrogen-bond donors (Lipinski definition) is 2. The Bertz CT molecular complexity index is 439. The van der Waals surface area contributed by atoms with Crippen LogP contribution in [-0.4, -0.2) is 28.6 Å². The van der Waals surface area contributed by atoms with Crippen LogP contribution in [0.4, 0.5) is 4.39 Å². The Hall–Kier alpha value is -1.49. The van der Waals surface area contributed by atoms with Gasteiger partial charge in [-0.3, -0.25) is 4.79 Å². The van der Waals surface area contributed by atoms with Crippen LogP contribution in [0.3, 0.4) is 0 Å². The topological polar surface area (TPSA) is 62.2 Å². The minimum atomic E-state index is -0.660. The fourth-order valence-corrected chi connectivity index (χ4v) is 2.57. The van der Waals surface area contributed by atoms with Gasteiger partial charge in [-0.05, 0) is 25.0 Å². The lowest BCUT2D eigenvalue weighted by Gasteiger charge is -2.24. The number of pyridine rings is 1. The zero-order chi connectivity index (χ0) is 13.7. The summed E-state index contributed by atoms with van der Waals surface area (Å²) in [6.07, 6.45) is 5.01. The van der Waals surface area contributed by atoms with Crippen molar-refractivity contribution in [2.24, 2.45) is 5.92 Å². The normalized spacial score (nSPS) is 23.7. The summed E-state index contributed by atoms with van der Waals surface area (Å²) in [6.45, 7) is 0.0710. The van der Waals surface area contributed by atoms with Crippen LogP contribution < -0.4 is 5.32 Å². The van der Waals surface area contributed by atoms with Crippen LogP contribution >= 0.6 is 0 Å². The third kappa shape index (κ3) is 3.73. The number of amides is 1. The van der Waals surface area contributed by atoms with Gasteiger partial charge in [-0.15, -0.1) is 0 Å². The Balaban J connectivity index is 2.04. The van der Waals surface area contributed by atoms with Gasteiger partial charge in [-0.25, -0.2) is 4.98 Å². The van der Waals surface area contributed by atoms with Crippen molar-refractivity contribution in [3.63, 3.8) is 0 Å². The molecule has 2 unspecified atom stereocenters. The van der Waals surface area contributed by atoms with E-state index in [2.05, 4.69) is 10.3 Å². The predicted octanol–water partition coefficient (Wildman–Crippen LogP) is 1.89. The molecule has 0 radical (unpaired) electrons. The molecule has 0 aromatic carbocycles. The highest BCUT2D eigenvalue weighted by molar-refractivity contribution is 5.92. The molecule has 1 heterocycles. The smallest absolute Gasteiger partial charge is 0.270 e. The van der Waals surface area contributed by atoms with E-state index in [9.17, 15) is 14.3 Å². The second-order valence-corrected chi connectivity index (χ2v) is 5.01. The van der Waals surface area contributed by atoms with Crippen molar-refractivity contribution in [1.82, 2.24) is 10.3 Å². The molecule has 2 N–H and O–H groups in total. The quantitative estimate of drug-likeness (QED) is 0.648. The highest BCUT2D eigenvalue weighted by atomic mass is 19.1. The number of aromatic nitrogens is 1. The maximum atomic E-state index is 13.0. The minimum Gasteiger partial charge on any atom is -0.396 e. The highest BCUT2D eigenvalue weighted by Crippen LogP contribution is 2.23. The average Bonchev–Trinajstić information content (AvgIpc) is 2.63. The lowest BCUT2D eigenvalue weighted by atomic mass is 9.95. The van der Waals surface area contributed by atoms with E-state index in [1.165, 1.54) is 18.2 Å². The first-order valence-electron chi connectivity index (χ1n) is 6.75. The molecule has 4 nitrogen and oxygen atoms in total. The summed E-state index contributed by atoms with van der Waals surface area (Å²) in [5, 5.41) is 12.3. The molecule has 1 aliphatic rings. The summed E-state index contributed by atoms with van der Waals surface area (Å²) in [7, 11) is 0. The van der Waals surface area contributed by atoms with Crippen molar-refractivity contribution in [2.75, 3.05) is 6.61 Å². The van der Waals surface area contributed by atoms with Gasteiger partial charge in [0.2, 0.25) is 5.95 Å². The molecule has 1 aromatic rings. The third-order valence-corrected chi connectivity index (χ3v) is 3.66. The number of nitrogens with one attached hydrogen (secondary N) is 1. The van der Waals surface area contributed by atoms with Gasteiger partial charge in [0.25, 0.3) is 5.91 Å². The molecule has 0 saturated heterocycles. The molecular weight excluding hydrogens is 247 g/mol. The van der Waals surface area contributed by atoms with E-state index in [-0.39, 0.29) is 30.2 Å². The Kier molecular flexibility index (Phi) is 4.85. The highest BCUT2D eigenvalue weighted by Gasteiger charge is 2.25. The molecule has 1 aromatic heterocycles. The van der Waals surface area contributed by atoms with Crippen molar-refractivity contribution in [3.8, 4) is 0 Å². The number of carbonyl (C=O) groups is 1. The molecule has 1 fully saturated rings. The standard InChI is InChI=1S/C14H19FN2O2/c15-13-8-4-7-12(16-13)14(19)17-11-6-3-1-2-5-10(11)9-18/h4,7-8,10-11,18H,1-3,5-6,9H2,(H,17,19). The van der Waals surface area contributed by atoms with Crippen molar-refractivity contribution >= 4 is 5.91 Å². The largest absolute Gasteiger partial charge is 0.396 e. The van der Waals surface area contributed by atoms with Gasteiger partial charge < -0.3 is 10.4 Å². The van der Waals surface area contributed by atoms with Gasteiger partial charge in [0, 0.05) is 18.6 Å². The molecule has 104 valence electrons. The second kappa shape index (κ2) is 6.61. The summed E-state index contributed by atoms with van der Waals surface area (Å²) >= 11 is 0. The van der Waals surface area contributed by atoms with Gasteiger partial charge in [-0.2, -0.15) is 4.39 Å². The van der Waals surface area contributed by atoms with Crippen LogP contribution in [0, 0.1) is 11.9 Å². The number of hydrogen-bond acceptors (Lipinski definition) is 3. The zero-order valence-electron chi connectivity index (χ0n) is 10.8. The van der Waals surface area contributed by atoms with Crippen molar-refractivity contribution in [3.05, 3.63) is 29.8 Å². The Morgan fingerprint density at radius 1 is 1.37 bits per heavy atom. The van der Waals surface area contributed by atoms with Crippen LogP contribution in [0.1, 0.15) is 42.6 Å². The van der Waals surface area contributed by atoms with Crippen LogP contribution in [-0.2, 0) is 0 Å². The lowest BCUT2D eigenvalue weighted by Crippen LogP contribution is -2.41. The Morgan fingerprint density at radius 3 is 2.89 bits per heavy atom. The summed E-state index contributed by atoms with van der Waals surface area (Å²) < 4.78 is 13.0. The maximum Gasteiger partial charge on any atom is 0.270 e. The van der Waals surface area contributed by atoms with E-state index >= 15 is 0 Å². The van der Waals surface area contributed by atoms with Crippen molar-refractivity contribution < 1.29 is 14.3 Å². The van der Waals surface area contributed by atoms with E-state index in [0.717, 1.165) is 32.1 Å². The zero-order valence-corrected chi connectivity index (χ0v) is 10.8. The maximum absolute atomic E-state index is 13.0. The summed E-state index contributed by atoms with van der Waals surface area (Å²) in [5.41, 5.74) is 0.0842. The number of aliphatic hydroxyl groups is 1. The van der Waals surface area contributed by atoms with Crippen LogP contribution in [0.2, 0.25) is 0 Å². The molecule has 2 atom stereocenters. The van der Waals surface area contributed by atoms with Crippen LogP contribution in [0.5, 0.6) is 0 Å². The Morgan fingerprint density at radius 2 is 2.16 bits per heavy atom. The van der Waals surface area contributed by atoms with E-state index in [1.807, 2.05) is 0 Å². The molecule has 0 bridgehead atoms. The summed E-state index contributed by atoms with van der Waals surface area (Å²) in [5.74, 6) is -0.947. The molecule has 19 heavy (non-hydrogen) atoms. The monoisotopic (exact) mass is 266 g/mol. The molecule has 5 heteroatoms. The van der Waals surface area contributed by atoms with Crippen LogP contribution in [0.25, 0.3) is 0 Å². The van der Waals surface area contributed by atoms with E-state index in [4.69, 9.17) is 0 Å². The van der Waals surface area contributed by atoms with Gasteiger partial charge >= 0.3 is 0 Å². The van der Waals surface area contributed by atoms with Gasteiger partial charge in [0.05, 0.1) is 0 Å². The lowest BCUT2D eigenvalue weighted by molar-refractivity contribution is 0.0893. The fraction of sp³-hybridized carbons (Fsp3) is 0.571. The summed E-state index contributed by atoms with van der Waals surface area (Å²) in [4.78, 5) is 15.6. The minimum absolute atomic E-state index is 0.0509. The van der Waals surface area contributed by atoms with E-state index in [1.54, 1.807) is 0 Å². The first-order chi connectivity index (χ1) is 9.20. The number of nitrogens with zero attached hydrogens (tertiary/aromatic N) is 1.